The van der Waals surface area contributed by atoms with Crippen molar-refractivity contribution in [2.45, 2.75) is 37.4 Å². The molecule has 5 heteroatoms. The molecule has 1 unspecified atom stereocenters. The van der Waals surface area contributed by atoms with Gasteiger partial charge in [0.1, 0.15) is 11.9 Å². The van der Waals surface area contributed by atoms with E-state index in [9.17, 15) is 0 Å². The quantitative estimate of drug-likeness (QED) is 0.845. The Kier molecular flexibility index (Phi) is 4.34. The number of hydrogen-bond acceptors (Lipinski definition) is 4. The summed E-state index contributed by atoms with van der Waals surface area (Å²) in [6, 6.07) is 5.42. The Hall–Kier alpha value is -0.580. The van der Waals surface area contributed by atoms with E-state index in [1.807, 2.05) is 23.9 Å². The van der Waals surface area contributed by atoms with Crippen LogP contribution in [0.1, 0.15) is 25.7 Å². The van der Waals surface area contributed by atoms with Crippen molar-refractivity contribution >= 4 is 29.1 Å². The van der Waals surface area contributed by atoms with Gasteiger partial charge in [0.15, 0.2) is 0 Å². The molecule has 0 radical (unpaired) electrons. The van der Waals surface area contributed by atoms with Crippen LogP contribution >= 0.6 is 23.4 Å². The van der Waals surface area contributed by atoms with Crippen LogP contribution in [0.2, 0.25) is 5.02 Å². The normalized spacial score (nSPS) is 25.6. The van der Waals surface area contributed by atoms with E-state index in [1.165, 1.54) is 11.5 Å². The average Bonchev–Trinajstić information content (AvgIpc) is 2.43. The molecule has 0 saturated carbocycles. The highest BCUT2D eigenvalue weighted by Gasteiger charge is 2.39. The van der Waals surface area contributed by atoms with Crippen molar-refractivity contribution in [3.63, 3.8) is 0 Å². The first-order valence-electron chi connectivity index (χ1n) is 7.10. The van der Waals surface area contributed by atoms with Crippen LogP contribution in [-0.2, 0) is 4.74 Å². The van der Waals surface area contributed by atoms with Gasteiger partial charge in [0.25, 0.3) is 0 Å². The fourth-order valence-electron chi connectivity index (χ4n) is 2.98. The van der Waals surface area contributed by atoms with Crippen molar-refractivity contribution in [3.8, 4) is 5.75 Å². The third-order valence-electron chi connectivity index (χ3n) is 4.12. The van der Waals surface area contributed by atoms with Crippen molar-refractivity contribution in [2.24, 2.45) is 0 Å². The van der Waals surface area contributed by atoms with Crippen molar-refractivity contribution in [1.82, 2.24) is 0 Å². The molecule has 1 atom stereocenters. The zero-order valence-electron chi connectivity index (χ0n) is 11.4. The van der Waals surface area contributed by atoms with Crippen molar-refractivity contribution in [2.75, 3.05) is 23.8 Å². The lowest BCUT2D eigenvalue weighted by molar-refractivity contribution is -0.116. The molecule has 20 heavy (non-hydrogen) atoms. The average molecular weight is 314 g/mol. The Labute approximate surface area is 129 Å². The molecule has 1 aromatic carbocycles. The molecule has 2 saturated heterocycles. The summed E-state index contributed by atoms with van der Waals surface area (Å²) in [7, 11) is 0. The van der Waals surface area contributed by atoms with Gasteiger partial charge in [-0.1, -0.05) is 11.6 Å². The van der Waals surface area contributed by atoms with Crippen molar-refractivity contribution in [3.05, 3.63) is 23.2 Å². The van der Waals surface area contributed by atoms with Crippen LogP contribution < -0.4 is 10.5 Å². The summed E-state index contributed by atoms with van der Waals surface area (Å²) in [4.78, 5) is 0. The van der Waals surface area contributed by atoms with Crippen LogP contribution in [-0.4, -0.2) is 29.8 Å². The Morgan fingerprint density at radius 3 is 2.90 bits per heavy atom. The molecule has 0 amide bonds. The van der Waals surface area contributed by atoms with Gasteiger partial charge in [-0.05, 0) is 42.5 Å². The summed E-state index contributed by atoms with van der Waals surface area (Å²) >= 11 is 7.93. The van der Waals surface area contributed by atoms with Gasteiger partial charge in [-0.3, -0.25) is 0 Å². The molecule has 2 aliphatic heterocycles. The first-order chi connectivity index (χ1) is 9.67. The van der Waals surface area contributed by atoms with Crippen LogP contribution in [0.15, 0.2) is 18.2 Å². The number of ether oxygens (including phenoxy) is 2. The molecule has 3 rings (SSSR count). The van der Waals surface area contributed by atoms with E-state index in [-0.39, 0.29) is 11.7 Å². The van der Waals surface area contributed by atoms with E-state index in [4.69, 9.17) is 26.8 Å². The molecule has 2 N–H and O–H groups in total. The van der Waals surface area contributed by atoms with Gasteiger partial charge in [-0.15, -0.1) is 0 Å². The Bertz CT molecular complexity index is 471. The molecule has 2 heterocycles. The third-order valence-corrected chi connectivity index (χ3v) is 5.34. The fraction of sp³-hybridized carbons (Fsp3) is 0.600. The molecule has 2 fully saturated rings. The minimum Gasteiger partial charge on any atom is -0.488 e. The van der Waals surface area contributed by atoms with Crippen LogP contribution in [0.25, 0.3) is 0 Å². The number of thioether (sulfide) groups is 1. The summed E-state index contributed by atoms with van der Waals surface area (Å²) in [6.07, 6.45) is 4.35. The topological polar surface area (TPSA) is 44.5 Å². The number of benzene rings is 1. The molecule has 0 bridgehead atoms. The van der Waals surface area contributed by atoms with Crippen molar-refractivity contribution < 1.29 is 9.47 Å². The number of anilines is 1. The maximum absolute atomic E-state index is 6.10. The maximum atomic E-state index is 6.10. The van der Waals surface area contributed by atoms with E-state index in [0.717, 1.165) is 38.0 Å². The number of nitrogen functional groups attached to an aromatic ring is 1. The Morgan fingerprint density at radius 2 is 2.15 bits per heavy atom. The Morgan fingerprint density at radius 1 is 1.35 bits per heavy atom. The van der Waals surface area contributed by atoms with E-state index in [1.54, 1.807) is 6.07 Å². The standard InChI is InChI=1S/C15H20ClNO2S/c16-11-1-2-14(13(17)9-11)19-12-3-6-18-15(10-12)4-7-20-8-5-15/h1-2,9,12H,3-8,10,17H2. The molecule has 110 valence electrons. The van der Waals surface area contributed by atoms with Crippen LogP contribution in [0.4, 0.5) is 5.69 Å². The molecule has 1 spiro atoms. The number of nitrogens with two attached hydrogens (primary N) is 1. The molecule has 1 aromatic rings. The Balaban J connectivity index is 1.68. The van der Waals surface area contributed by atoms with E-state index in [2.05, 4.69) is 0 Å². The minimum absolute atomic E-state index is 0.0371. The lowest BCUT2D eigenvalue weighted by Gasteiger charge is -2.43. The largest absolute Gasteiger partial charge is 0.488 e. The molecule has 3 nitrogen and oxygen atoms in total. The summed E-state index contributed by atoms with van der Waals surface area (Å²) < 4.78 is 12.2. The van der Waals surface area contributed by atoms with Gasteiger partial charge in [-0.25, -0.2) is 0 Å². The van der Waals surface area contributed by atoms with Crippen LogP contribution in [0, 0.1) is 0 Å². The summed E-state index contributed by atoms with van der Waals surface area (Å²) in [5.74, 6) is 3.12. The lowest BCUT2D eigenvalue weighted by atomic mass is 9.86. The molecular weight excluding hydrogens is 294 g/mol. The van der Waals surface area contributed by atoms with Gasteiger partial charge in [0.05, 0.1) is 17.9 Å². The number of halogens is 1. The summed E-state index contributed by atoms with van der Waals surface area (Å²) in [6.45, 7) is 0.781. The minimum atomic E-state index is 0.0371. The maximum Gasteiger partial charge on any atom is 0.142 e. The first-order valence-corrected chi connectivity index (χ1v) is 8.64. The van der Waals surface area contributed by atoms with Gasteiger partial charge in [0.2, 0.25) is 0 Å². The van der Waals surface area contributed by atoms with Gasteiger partial charge in [0, 0.05) is 17.9 Å². The van der Waals surface area contributed by atoms with E-state index >= 15 is 0 Å². The second kappa shape index (κ2) is 6.04. The lowest BCUT2D eigenvalue weighted by Crippen LogP contribution is -2.46. The highest BCUT2D eigenvalue weighted by Crippen LogP contribution is 2.39. The second-order valence-electron chi connectivity index (χ2n) is 5.56. The summed E-state index contributed by atoms with van der Waals surface area (Å²) in [5.41, 5.74) is 6.61. The predicted octanol–water partition coefficient (Wildman–Crippen LogP) is 3.75. The highest BCUT2D eigenvalue weighted by atomic mass is 35.5. The van der Waals surface area contributed by atoms with Gasteiger partial charge < -0.3 is 15.2 Å². The smallest absolute Gasteiger partial charge is 0.142 e. The van der Waals surface area contributed by atoms with E-state index in [0.29, 0.717) is 10.7 Å². The number of hydrogen-bond donors (Lipinski definition) is 1. The fourth-order valence-corrected chi connectivity index (χ4v) is 4.40. The van der Waals surface area contributed by atoms with Gasteiger partial charge >= 0.3 is 0 Å². The first kappa shape index (κ1) is 14.4. The monoisotopic (exact) mass is 313 g/mol. The molecular formula is C15H20ClNO2S. The predicted molar refractivity (Wildman–Crippen MR) is 84.8 cm³/mol. The molecule has 0 aliphatic carbocycles. The van der Waals surface area contributed by atoms with Gasteiger partial charge in [-0.2, -0.15) is 11.8 Å². The second-order valence-corrected chi connectivity index (χ2v) is 7.22. The van der Waals surface area contributed by atoms with Crippen LogP contribution in [0.5, 0.6) is 5.75 Å². The van der Waals surface area contributed by atoms with E-state index < -0.39 is 0 Å². The highest BCUT2D eigenvalue weighted by molar-refractivity contribution is 7.99. The van der Waals surface area contributed by atoms with Crippen LogP contribution in [0.3, 0.4) is 0 Å². The zero-order valence-corrected chi connectivity index (χ0v) is 13.0. The molecule has 2 aliphatic rings. The zero-order chi connectivity index (χ0) is 14.0. The third kappa shape index (κ3) is 3.18. The SMILES string of the molecule is Nc1cc(Cl)ccc1OC1CCOC2(CCSCC2)C1. The number of rotatable bonds is 2. The molecule has 0 aromatic heterocycles. The summed E-state index contributed by atoms with van der Waals surface area (Å²) in [5, 5.41) is 0.641. The van der Waals surface area contributed by atoms with Crippen molar-refractivity contribution in [1.29, 1.82) is 0 Å².